The molecule has 2 amide bonds. The molecule has 0 radical (unpaired) electrons. The fourth-order valence-electron chi connectivity index (χ4n) is 2.35. The van der Waals surface area contributed by atoms with Gasteiger partial charge in [0.2, 0.25) is 11.8 Å². The molecule has 0 unspecified atom stereocenters. The van der Waals surface area contributed by atoms with E-state index in [-0.39, 0.29) is 24.8 Å². The van der Waals surface area contributed by atoms with Crippen LogP contribution in [0, 0.1) is 6.92 Å². The number of anilines is 1. The van der Waals surface area contributed by atoms with Crippen molar-refractivity contribution in [3.8, 4) is 0 Å². The second-order valence-electron chi connectivity index (χ2n) is 5.78. The van der Waals surface area contributed by atoms with Crippen molar-refractivity contribution in [3.63, 3.8) is 0 Å². The van der Waals surface area contributed by atoms with Gasteiger partial charge in [-0.1, -0.05) is 53.0 Å². The second kappa shape index (κ2) is 8.88. The molecule has 132 valence electrons. The fraction of sp³-hybridized carbons (Fsp3) is 0.263. The Morgan fingerprint density at radius 2 is 1.76 bits per heavy atom. The Hall–Kier alpha value is -2.04. The lowest BCUT2D eigenvalue weighted by Crippen LogP contribution is -2.34. The Balaban J connectivity index is 1.94. The van der Waals surface area contributed by atoms with Crippen LogP contribution >= 0.6 is 23.2 Å². The first kappa shape index (κ1) is 19.3. The Morgan fingerprint density at radius 1 is 1.08 bits per heavy atom. The van der Waals surface area contributed by atoms with Crippen LogP contribution in [0.25, 0.3) is 0 Å². The summed E-state index contributed by atoms with van der Waals surface area (Å²) >= 11 is 12.1. The van der Waals surface area contributed by atoms with Crippen LogP contribution in [-0.2, 0) is 16.1 Å². The van der Waals surface area contributed by atoms with E-state index in [1.807, 2.05) is 31.2 Å². The first-order valence-electron chi connectivity index (χ1n) is 7.92. The minimum absolute atomic E-state index is 0.134. The zero-order chi connectivity index (χ0) is 18.4. The highest BCUT2D eigenvalue weighted by atomic mass is 35.5. The molecular weight excluding hydrogens is 359 g/mol. The molecule has 2 aromatic rings. The van der Waals surface area contributed by atoms with Crippen LogP contribution in [0.5, 0.6) is 0 Å². The van der Waals surface area contributed by atoms with Crippen LogP contribution in [0.2, 0.25) is 10.0 Å². The molecule has 0 heterocycles. The third-order valence-electron chi connectivity index (χ3n) is 3.75. The van der Waals surface area contributed by atoms with Crippen molar-refractivity contribution in [2.24, 2.45) is 0 Å². The van der Waals surface area contributed by atoms with Crippen LogP contribution < -0.4 is 10.2 Å². The summed E-state index contributed by atoms with van der Waals surface area (Å²) in [4.78, 5) is 25.5. The van der Waals surface area contributed by atoms with Crippen LogP contribution in [0.1, 0.15) is 24.5 Å². The normalized spacial score (nSPS) is 10.4. The van der Waals surface area contributed by atoms with E-state index in [1.54, 1.807) is 18.2 Å². The molecule has 0 aliphatic rings. The molecule has 0 aromatic heterocycles. The molecule has 4 nitrogen and oxygen atoms in total. The average Bonchev–Trinajstić information content (AvgIpc) is 2.57. The van der Waals surface area contributed by atoms with Crippen LogP contribution in [0.4, 0.5) is 5.69 Å². The fourth-order valence-corrected chi connectivity index (χ4v) is 2.73. The summed E-state index contributed by atoms with van der Waals surface area (Å²) in [5, 5.41) is 3.75. The number of hydrogen-bond donors (Lipinski definition) is 1. The number of hydrogen-bond acceptors (Lipinski definition) is 2. The monoisotopic (exact) mass is 378 g/mol. The molecule has 0 saturated heterocycles. The van der Waals surface area contributed by atoms with Crippen molar-refractivity contribution >= 4 is 40.7 Å². The Bertz CT molecular complexity index is 761. The van der Waals surface area contributed by atoms with Crippen molar-refractivity contribution < 1.29 is 9.59 Å². The van der Waals surface area contributed by atoms with Gasteiger partial charge in [-0.3, -0.25) is 9.59 Å². The van der Waals surface area contributed by atoms with E-state index in [2.05, 4.69) is 5.32 Å². The Labute approximate surface area is 157 Å². The van der Waals surface area contributed by atoms with Crippen molar-refractivity contribution in [1.29, 1.82) is 0 Å². The molecule has 2 aromatic carbocycles. The maximum Gasteiger partial charge on any atom is 0.223 e. The summed E-state index contributed by atoms with van der Waals surface area (Å²) in [6.07, 6.45) is 0.175. The first-order valence-corrected chi connectivity index (χ1v) is 8.68. The molecule has 0 saturated carbocycles. The van der Waals surface area contributed by atoms with E-state index < -0.39 is 0 Å². The maximum atomic E-state index is 12.1. The van der Waals surface area contributed by atoms with Gasteiger partial charge in [-0.15, -0.1) is 0 Å². The molecule has 2 rings (SSSR count). The zero-order valence-corrected chi connectivity index (χ0v) is 15.7. The minimum Gasteiger partial charge on any atom is -0.352 e. The molecule has 0 aliphatic carbocycles. The second-order valence-corrected chi connectivity index (χ2v) is 6.62. The predicted molar refractivity (Wildman–Crippen MR) is 102 cm³/mol. The quantitative estimate of drug-likeness (QED) is 0.811. The third kappa shape index (κ3) is 5.76. The number of halogens is 2. The zero-order valence-electron chi connectivity index (χ0n) is 14.2. The van der Waals surface area contributed by atoms with Gasteiger partial charge < -0.3 is 10.2 Å². The van der Waals surface area contributed by atoms with E-state index in [4.69, 9.17) is 23.2 Å². The lowest BCUT2D eigenvalue weighted by atomic mass is 10.1. The van der Waals surface area contributed by atoms with Crippen LogP contribution in [0.15, 0.2) is 42.5 Å². The molecular formula is C19H20Cl2N2O2. The number of aryl methyl sites for hydroxylation is 1. The molecule has 1 N–H and O–H groups in total. The maximum absolute atomic E-state index is 12.1. The third-order valence-corrected chi connectivity index (χ3v) is 4.31. The van der Waals surface area contributed by atoms with Gasteiger partial charge in [0, 0.05) is 31.5 Å². The van der Waals surface area contributed by atoms with E-state index in [0.29, 0.717) is 22.3 Å². The number of amides is 2. The van der Waals surface area contributed by atoms with Gasteiger partial charge in [-0.25, -0.2) is 0 Å². The van der Waals surface area contributed by atoms with Gasteiger partial charge in [0.25, 0.3) is 0 Å². The molecule has 0 spiro atoms. The van der Waals surface area contributed by atoms with Crippen molar-refractivity contribution in [3.05, 3.63) is 63.6 Å². The van der Waals surface area contributed by atoms with E-state index in [1.165, 1.54) is 17.4 Å². The van der Waals surface area contributed by atoms with E-state index >= 15 is 0 Å². The molecule has 0 atom stereocenters. The van der Waals surface area contributed by atoms with Gasteiger partial charge in [-0.2, -0.15) is 0 Å². The van der Waals surface area contributed by atoms with E-state index in [0.717, 1.165) is 5.56 Å². The van der Waals surface area contributed by atoms with Gasteiger partial charge in [0.15, 0.2) is 0 Å². The molecule has 0 aliphatic heterocycles. The summed E-state index contributed by atoms with van der Waals surface area (Å²) in [6.45, 7) is 4.13. The Morgan fingerprint density at radius 3 is 2.40 bits per heavy atom. The predicted octanol–water partition coefficient (Wildman–Crippen LogP) is 4.36. The molecule has 0 bridgehead atoms. The average molecular weight is 379 g/mol. The highest BCUT2D eigenvalue weighted by Crippen LogP contribution is 2.29. The summed E-state index contributed by atoms with van der Waals surface area (Å²) in [6, 6.07) is 12.9. The van der Waals surface area contributed by atoms with Crippen molar-refractivity contribution in [2.45, 2.75) is 26.8 Å². The number of benzene rings is 2. The van der Waals surface area contributed by atoms with Gasteiger partial charge in [0.05, 0.1) is 10.7 Å². The summed E-state index contributed by atoms with van der Waals surface area (Å²) < 4.78 is 0. The van der Waals surface area contributed by atoms with Crippen molar-refractivity contribution in [1.82, 2.24) is 5.32 Å². The first-order chi connectivity index (χ1) is 11.9. The molecule has 25 heavy (non-hydrogen) atoms. The minimum atomic E-state index is -0.199. The van der Waals surface area contributed by atoms with Crippen LogP contribution in [-0.4, -0.2) is 18.4 Å². The number of nitrogens with one attached hydrogen (secondary N) is 1. The Kier molecular flexibility index (Phi) is 6.85. The van der Waals surface area contributed by atoms with Crippen molar-refractivity contribution in [2.75, 3.05) is 11.4 Å². The topological polar surface area (TPSA) is 49.4 Å². The lowest BCUT2D eigenvalue weighted by molar-refractivity contribution is -0.121. The molecule has 6 heteroatoms. The van der Waals surface area contributed by atoms with E-state index in [9.17, 15) is 9.59 Å². The standard InChI is InChI=1S/C19H20Cl2N2O2/c1-13-3-5-15(6-4-13)12-22-19(25)9-10-23(14(2)24)18-11-16(20)7-8-17(18)21/h3-8,11H,9-10,12H2,1-2H3,(H,22,25). The van der Waals surface area contributed by atoms with Crippen LogP contribution in [0.3, 0.4) is 0 Å². The highest BCUT2D eigenvalue weighted by Gasteiger charge is 2.16. The number of rotatable bonds is 6. The lowest BCUT2D eigenvalue weighted by Gasteiger charge is -2.22. The number of nitrogens with zero attached hydrogens (tertiary/aromatic N) is 1. The summed E-state index contributed by atoms with van der Waals surface area (Å²) in [5.74, 6) is -0.333. The summed E-state index contributed by atoms with van der Waals surface area (Å²) in [7, 11) is 0. The number of carbonyl (C=O) groups is 2. The highest BCUT2D eigenvalue weighted by molar-refractivity contribution is 6.35. The smallest absolute Gasteiger partial charge is 0.223 e. The van der Waals surface area contributed by atoms with Gasteiger partial charge in [0.1, 0.15) is 0 Å². The largest absolute Gasteiger partial charge is 0.352 e. The van der Waals surface area contributed by atoms with Gasteiger partial charge in [-0.05, 0) is 30.7 Å². The van der Waals surface area contributed by atoms with Gasteiger partial charge >= 0.3 is 0 Å². The SMILES string of the molecule is CC(=O)N(CCC(=O)NCc1ccc(C)cc1)c1cc(Cl)ccc1Cl. The number of carbonyl (C=O) groups excluding carboxylic acids is 2. The molecule has 0 fully saturated rings. The summed E-state index contributed by atoms with van der Waals surface area (Å²) in [5.41, 5.74) is 2.71.